The van der Waals surface area contributed by atoms with Gasteiger partial charge < -0.3 is 5.32 Å². The second-order valence-corrected chi connectivity index (χ2v) is 5.31. The van der Waals surface area contributed by atoms with Crippen LogP contribution in [0.1, 0.15) is 51.9 Å². The van der Waals surface area contributed by atoms with Crippen molar-refractivity contribution in [1.29, 1.82) is 0 Å². The molecule has 0 radical (unpaired) electrons. The number of hydrogen-bond donors (Lipinski definition) is 1. The predicted octanol–water partition coefficient (Wildman–Crippen LogP) is 3.26. The summed E-state index contributed by atoms with van der Waals surface area (Å²) in [6.45, 7) is 7.92. The van der Waals surface area contributed by atoms with Crippen LogP contribution < -0.4 is 10.9 Å². The van der Waals surface area contributed by atoms with Gasteiger partial charge in [-0.05, 0) is 38.4 Å². The highest BCUT2D eigenvalue weighted by Crippen LogP contribution is 2.16. The van der Waals surface area contributed by atoms with E-state index in [1.165, 1.54) is 0 Å². The van der Waals surface area contributed by atoms with Crippen LogP contribution in [-0.2, 0) is 6.54 Å². The Labute approximate surface area is 126 Å². The lowest BCUT2D eigenvalue weighted by Gasteiger charge is -2.20. The standard InChI is InChI=1S/C17H25N3O/c1-4-7-12-18-14(5-2)16-19-15-11-9-8-10-13(15)17(21)20(16)6-3/h8-11,14,18H,4-7,12H2,1-3H3. The number of para-hydroxylation sites is 1. The molecule has 0 bridgehead atoms. The van der Waals surface area contributed by atoms with E-state index in [1.807, 2.05) is 31.2 Å². The Morgan fingerprint density at radius 2 is 2.00 bits per heavy atom. The molecule has 1 heterocycles. The molecule has 4 heteroatoms. The molecule has 2 rings (SSSR count). The van der Waals surface area contributed by atoms with Crippen LogP contribution in [0.2, 0.25) is 0 Å². The van der Waals surface area contributed by atoms with Crippen LogP contribution in [0.4, 0.5) is 0 Å². The topological polar surface area (TPSA) is 46.9 Å². The minimum atomic E-state index is 0.0637. The molecule has 0 aliphatic heterocycles. The highest BCUT2D eigenvalue weighted by atomic mass is 16.1. The minimum Gasteiger partial charge on any atom is -0.307 e. The quantitative estimate of drug-likeness (QED) is 0.795. The van der Waals surface area contributed by atoms with E-state index < -0.39 is 0 Å². The normalized spacial score (nSPS) is 12.7. The van der Waals surface area contributed by atoms with Gasteiger partial charge in [0, 0.05) is 6.54 Å². The Kier molecular flexibility index (Phi) is 5.51. The molecule has 1 N–H and O–H groups in total. The van der Waals surface area contributed by atoms with Gasteiger partial charge in [0.25, 0.3) is 5.56 Å². The second kappa shape index (κ2) is 7.36. The Morgan fingerprint density at radius 1 is 1.24 bits per heavy atom. The summed E-state index contributed by atoms with van der Waals surface area (Å²) in [5.41, 5.74) is 0.854. The number of hydrogen-bond acceptors (Lipinski definition) is 3. The molecule has 0 aliphatic carbocycles. The van der Waals surface area contributed by atoms with E-state index in [-0.39, 0.29) is 11.6 Å². The van der Waals surface area contributed by atoms with Gasteiger partial charge >= 0.3 is 0 Å². The van der Waals surface area contributed by atoms with Crippen molar-refractivity contribution in [2.75, 3.05) is 6.54 Å². The van der Waals surface area contributed by atoms with Gasteiger partial charge in [-0.2, -0.15) is 0 Å². The lowest BCUT2D eigenvalue weighted by molar-refractivity contribution is 0.458. The van der Waals surface area contributed by atoms with Crippen LogP contribution in [0.3, 0.4) is 0 Å². The van der Waals surface area contributed by atoms with Crippen LogP contribution in [0.5, 0.6) is 0 Å². The van der Waals surface area contributed by atoms with Crippen LogP contribution in [-0.4, -0.2) is 16.1 Å². The molecule has 0 saturated carbocycles. The summed E-state index contributed by atoms with van der Waals surface area (Å²) in [4.78, 5) is 17.4. The van der Waals surface area contributed by atoms with Gasteiger partial charge in [0.1, 0.15) is 5.82 Å². The molecule has 21 heavy (non-hydrogen) atoms. The maximum absolute atomic E-state index is 12.6. The predicted molar refractivity (Wildman–Crippen MR) is 87.6 cm³/mol. The smallest absolute Gasteiger partial charge is 0.261 e. The van der Waals surface area contributed by atoms with Gasteiger partial charge in [-0.15, -0.1) is 0 Å². The summed E-state index contributed by atoms with van der Waals surface area (Å²) in [7, 11) is 0. The Morgan fingerprint density at radius 3 is 2.67 bits per heavy atom. The SMILES string of the molecule is CCCCNC(CC)c1nc2ccccc2c(=O)n1CC. The number of nitrogens with zero attached hydrogens (tertiary/aromatic N) is 2. The van der Waals surface area contributed by atoms with Crippen molar-refractivity contribution >= 4 is 10.9 Å². The summed E-state index contributed by atoms with van der Waals surface area (Å²) in [6.07, 6.45) is 3.23. The first-order valence-electron chi connectivity index (χ1n) is 7.95. The summed E-state index contributed by atoms with van der Waals surface area (Å²) in [5, 5.41) is 4.23. The number of rotatable bonds is 7. The molecule has 0 spiro atoms. The molecule has 1 aromatic carbocycles. The van der Waals surface area contributed by atoms with E-state index in [4.69, 9.17) is 4.98 Å². The van der Waals surface area contributed by atoms with Crippen molar-refractivity contribution in [3.05, 3.63) is 40.4 Å². The summed E-state index contributed by atoms with van der Waals surface area (Å²) < 4.78 is 1.80. The fourth-order valence-corrected chi connectivity index (χ4v) is 2.63. The molecule has 1 unspecified atom stereocenters. The first-order valence-corrected chi connectivity index (χ1v) is 7.95. The first-order chi connectivity index (χ1) is 10.2. The van der Waals surface area contributed by atoms with Gasteiger partial charge in [0.15, 0.2) is 0 Å². The molecule has 0 fully saturated rings. The van der Waals surface area contributed by atoms with Gasteiger partial charge in [-0.3, -0.25) is 9.36 Å². The number of unbranched alkanes of at least 4 members (excludes halogenated alkanes) is 1. The third-order valence-corrected chi connectivity index (χ3v) is 3.85. The number of aromatic nitrogens is 2. The largest absolute Gasteiger partial charge is 0.307 e. The van der Waals surface area contributed by atoms with Crippen molar-refractivity contribution in [3.63, 3.8) is 0 Å². The van der Waals surface area contributed by atoms with Crippen LogP contribution >= 0.6 is 0 Å². The van der Waals surface area contributed by atoms with Gasteiger partial charge in [-0.25, -0.2) is 4.98 Å². The fraction of sp³-hybridized carbons (Fsp3) is 0.529. The zero-order chi connectivity index (χ0) is 15.2. The van der Waals surface area contributed by atoms with Gasteiger partial charge in [-0.1, -0.05) is 32.4 Å². The Balaban J connectivity index is 2.48. The van der Waals surface area contributed by atoms with Crippen molar-refractivity contribution in [1.82, 2.24) is 14.9 Å². The van der Waals surface area contributed by atoms with E-state index >= 15 is 0 Å². The second-order valence-electron chi connectivity index (χ2n) is 5.31. The van der Waals surface area contributed by atoms with Gasteiger partial charge in [0.05, 0.1) is 16.9 Å². The molecule has 4 nitrogen and oxygen atoms in total. The molecule has 114 valence electrons. The van der Waals surface area contributed by atoms with Crippen molar-refractivity contribution in [3.8, 4) is 0 Å². The average molecular weight is 287 g/mol. The summed E-state index contributed by atoms with van der Waals surface area (Å²) in [5.74, 6) is 0.861. The maximum atomic E-state index is 12.6. The van der Waals surface area contributed by atoms with Crippen LogP contribution in [0, 0.1) is 0 Å². The van der Waals surface area contributed by atoms with E-state index in [0.29, 0.717) is 11.9 Å². The summed E-state index contributed by atoms with van der Waals surface area (Å²) in [6, 6.07) is 7.72. The molecule has 0 aliphatic rings. The lowest BCUT2D eigenvalue weighted by atomic mass is 10.1. The average Bonchev–Trinajstić information content (AvgIpc) is 2.52. The number of fused-ring (bicyclic) bond motifs is 1. The van der Waals surface area contributed by atoms with Crippen LogP contribution in [0.25, 0.3) is 10.9 Å². The molecule has 1 aromatic heterocycles. The number of nitrogens with one attached hydrogen (secondary N) is 1. The highest BCUT2D eigenvalue weighted by molar-refractivity contribution is 5.77. The van der Waals surface area contributed by atoms with Crippen molar-refractivity contribution in [2.24, 2.45) is 0 Å². The molecular formula is C17H25N3O. The third-order valence-electron chi connectivity index (χ3n) is 3.85. The monoisotopic (exact) mass is 287 g/mol. The molecule has 1 atom stereocenters. The Hall–Kier alpha value is -1.68. The molecule has 2 aromatic rings. The third kappa shape index (κ3) is 3.32. The summed E-state index contributed by atoms with van der Waals surface area (Å²) >= 11 is 0. The fourth-order valence-electron chi connectivity index (χ4n) is 2.63. The minimum absolute atomic E-state index is 0.0637. The van der Waals surface area contributed by atoms with Crippen molar-refractivity contribution < 1.29 is 0 Å². The lowest BCUT2D eigenvalue weighted by Crippen LogP contribution is -2.32. The van der Waals surface area contributed by atoms with Crippen molar-refractivity contribution in [2.45, 2.75) is 52.6 Å². The maximum Gasteiger partial charge on any atom is 0.261 e. The first kappa shape index (κ1) is 15.7. The molecule has 0 amide bonds. The van der Waals surface area contributed by atoms with Crippen LogP contribution in [0.15, 0.2) is 29.1 Å². The zero-order valence-corrected chi connectivity index (χ0v) is 13.2. The van der Waals surface area contributed by atoms with E-state index in [1.54, 1.807) is 4.57 Å². The molecule has 0 saturated heterocycles. The van der Waals surface area contributed by atoms with E-state index in [2.05, 4.69) is 19.2 Å². The highest BCUT2D eigenvalue weighted by Gasteiger charge is 2.17. The zero-order valence-electron chi connectivity index (χ0n) is 13.2. The number of benzene rings is 1. The van der Waals surface area contributed by atoms with E-state index in [0.717, 1.165) is 37.1 Å². The van der Waals surface area contributed by atoms with E-state index in [9.17, 15) is 4.79 Å². The Bertz CT molecular complexity index is 648. The van der Waals surface area contributed by atoms with Gasteiger partial charge in [0.2, 0.25) is 0 Å². The molecular weight excluding hydrogens is 262 g/mol.